The van der Waals surface area contributed by atoms with Gasteiger partial charge in [0, 0.05) is 10.8 Å². The van der Waals surface area contributed by atoms with E-state index in [1.54, 1.807) is 31.5 Å². The van der Waals surface area contributed by atoms with E-state index in [0.717, 1.165) is 6.42 Å². The van der Waals surface area contributed by atoms with Gasteiger partial charge in [-0.1, -0.05) is 34.1 Å². The van der Waals surface area contributed by atoms with E-state index in [-0.39, 0.29) is 29.8 Å². The molecule has 2 aromatic rings. The number of carbonyl (C=O) groups is 4. The second-order valence-electron chi connectivity index (χ2n) is 11.9. The van der Waals surface area contributed by atoms with E-state index >= 15 is 0 Å². The molecule has 238 valence electrons. The molecule has 3 heterocycles. The van der Waals surface area contributed by atoms with Crippen molar-refractivity contribution in [3.63, 3.8) is 0 Å². The first-order chi connectivity index (χ1) is 20.0. The molecule has 1 unspecified atom stereocenters. The van der Waals surface area contributed by atoms with Crippen molar-refractivity contribution in [2.45, 2.75) is 96.7 Å². The highest BCUT2D eigenvalue weighted by Crippen LogP contribution is 2.37. The van der Waals surface area contributed by atoms with Crippen molar-refractivity contribution in [1.82, 2.24) is 20.6 Å². The highest BCUT2D eigenvalue weighted by atomic mass is 35.5. The van der Waals surface area contributed by atoms with Gasteiger partial charge in [0.05, 0.1) is 18.0 Å². The number of hydrogen-bond acceptors (Lipinski definition) is 10. The first kappa shape index (κ1) is 35.2. The lowest BCUT2D eigenvalue weighted by Crippen LogP contribution is -2.42. The number of rotatable bonds is 7. The summed E-state index contributed by atoms with van der Waals surface area (Å²) in [5.41, 5.74) is -1.09. The lowest BCUT2D eigenvalue weighted by atomic mass is 9.83. The number of esters is 2. The van der Waals surface area contributed by atoms with E-state index in [4.69, 9.17) is 32.7 Å². The number of nitrogens with one attached hydrogen (secondary N) is 2. The summed E-state index contributed by atoms with van der Waals surface area (Å²) in [6.07, 6.45) is 0.247. The second-order valence-corrected chi connectivity index (χ2v) is 15.5. The summed E-state index contributed by atoms with van der Waals surface area (Å²) in [4.78, 5) is 61.8. The van der Waals surface area contributed by atoms with Crippen LogP contribution in [-0.4, -0.2) is 50.7 Å². The average molecular weight is 676 g/mol. The Morgan fingerprint density at radius 1 is 1.05 bits per heavy atom. The van der Waals surface area contributed by atoms with Crippen LogP contribution in [0.25, 0.3) is 0 Å². The van der Waals surface area contributed by atoms with Gasteiger partial charge < -0.3 is 20.1 Å². The molecule has 0 spiro atoms. The highest BCUT2D eigenvalue weighted by molar-refractivity contribution is 7.10. The third-order valence-corrected chi connectivity index (χ3v) is 9.65. The topological polar surface area (TPSA) is 137 Å². The smallest absolute Gasteiger partial charge is 0.358 e. The summed E-state index contributed by atoms with van der Waals surface area (Å²) in [5.74, 6) is -2.41. The maximum atomic E-state index is 13.7. The van der Waals surface area contributed by atoms with Gasteiger partial charge in [-0.25, -0.2) is 14.8 Å². The Morgan fingerprint density at radius 2 is 1.67 bits per heavy atom. The summed E-state index contributed by atoms with van der Waals surface area (Å²) >= 11 is 14.8. The molecule has 43 heavy (non-hydrogen) atoms. The minimum absolute atomic E-state index is 0.0142. The average Bonchev–Trinajstić information content (AvgIpc) is 3.61. The standard InChI is InChI=1S/C29H40Cl2N4O6S2/c1-8-16(4)21-24-34-18(14-42-24)26(38)40-19(10-9-11-29(7,30)31)28(5,6)27(39)41-22(15(2)3)25-33-17(13-43-25)23(37)32-12-20(36)35-21/h13-16,19,21-22H,8-12H2,1-7H3,(H,32,37)(H,35,36)/t16-,19?,21-,22-/m0/s1. The number of nitrogens with zero attached hydrogens (tertiary/aromatic N) is 2. The number of halogens is 2. The van der Waals surface area contributed by atoms with E-state index in [2.05, 4.69) is 20.6 Å². The first-order valence-corrected chi connectivity index (χ1v) is 16.8. The Labute approximate surface area is 270 Å². The van der Waals surface area contributed by atoms with E-state index in [0.29, 0.717) is 29.3 Å². The monoisotopic (exact) mass is 674 g/mol. The van der Waals surface area contributed by atoms with Crippen LogP contribution in [-0.2, 0) is 19.1 Å². The number of fused-ring (bicyclic) bond motifs is 4. The van der Waals surface area contributed by atoms with Crippen molar-refractivity contribution >= 4 is 69.6 Å². The Bertz CT molecular complexity index is 1310. The molecule has 10 nitrogen and oxygen atoms in total. The molecule has 4 bridgehead atoms. The predicted octanol–water partition coefficient (Wildman–Crippen LogP) is 6.40. The van der Waals surface area contributed by atoms with Crippen LogP contribution in [0.3, 0.4) is 0 Å². The number of amides is 2. The van der Waals surface area contributed by atoms with Crippen LogP contribution in [0.2, 0.25) is 0 Å². The molecule has 0 saturated carbocycles. The van der Waals surface area contributed by atoms with E-state index < -0.39 is 51.8 Å². The summed E-state index contributed by atoms with van der Waals surface area (Å²) < 4.78 is 11.0. The number of cyclic esters (lactones) is 2. The zero-order valence-electron chi connectivity index (χ0n) is 25.5. The third-order valence-electron chi connectivity index (χ3n) is 7.44. The molecule has 2 aromatic heterocycles. The molecule has 3 rings (SSSR count). The fraction of sp³-hybridized carbons (Fsp3) is 0.655. The predicted molar refractivity (Wildman–Crippen MR) is 168 cm³/mol. The van der Waals surface area contributed by atoms with Crippen LogP contribution < -0.4 is 10.6 Å². The number of alkyl halides is 2. The van der Waals surface area contributed by atoms with E-state index in [9.17, 15) is 19.2 Å². The molecule has 0 saturated heterocycles. The van der Waals surface area contributed by atoms with Crippen LogP contribution in [0.5, 0.6) is 0 Å². The number of thiazole rings is 2. The van der Waals surface area contributed by atoms with Crippen molar-refractivity contribution in [2.75, 3.05) is 6.54 Å². The third kappa shape index (κ3) is 9.36. The SMILES string of the molecule is CC[C@H](C)[C@@H]1NC(=O)CNC(=O)c2csc(n2)[C@H](C(C)C)OC(=O)C(C)(C)C(CCCC(C)(Cl)Cl)OC(=O)c2csc1n2. The van der Waals surface area contributed by atoms with Gasteiger partial charge in [-0.15, -0.1) is 45.9 Å². The van der Waals surface area contributed by atoms with Crippen molar-refractivity contribution in [2.24, 2.45) is 17.3 Å². The minimum atomic E-state index is -1.27. The summed E-state index contributed by atoms with van der Waals surface area (Å²) in [7, 11) is 0. The number of carbonyl (C=O) groups excluding carboxylic acids is 4. The Morgan fingerprint density at radius 3 is 2.30 bits per heavy atom. The first-order valence-electron chi connectivity index (χ1n) is 14.3. The van der Waals surface area contributed by atoms with Gasteiger partial charge in [0.2, 0.25) is 5.91 Å². The fourth-order valence-corrected chi connectivity index (χ4v) is 6.67. The van der Waals surface area contributed by atoms with Gasteiger partial charge in [0.25, 0.3) is 5.91 Å². The summed E-state index contributed by atoms with van der Waals surface area (Å²) in [6.45, 7) is 12.4. The fourth-order valence-electron chi connectivity index (χ4n) is 4.43. The normalized spacial score (nSPS) is 22.9. The van der Waals surface area contributed by atoms with Crippen molar-refractivity contribution in [3.8, 4) is 0 Å². The molecule has 1 aliphatic heterocycles. The molecule has 0 radical (unpaired) electrons. The minimum Gasteiger partial charge on any atom is -0.456 e. The maximum Gasteiger partial charge on any atom is 0.358 e. The van der Waals surface area contributed by atoms with Gasteiger partial charge in [0.1, 0.15) is 26.1 Å². The van der Waals surface area contributed by atoms with Crippen LogP contribution in [0, 0.1) is 17.3 Å². The molecule has 1 aliphatic rings. The largest absolute Gasteiger partial charge is 0.456 e. The van der Waals surface area contributed by atoms with Crippen LogP contribution in [0.1, 0.15) is 117 Å². The molecule has 0 aromatic carbocycles. The summed E-state index contributed by atoms with van der Waals surface area (Å²) in [6, 6.07) is -0.493. The molecule has 14 heteroatoms. The molecule has 0 aliphatic carbocycles. The highest BCUT2D eigenvalue weighted by Gasteiger charge is 2.43. The Hall–Kier alpha value is -2.28. The maximum absolute atomic E-state index is 13.7. The number of ether oxygens (including phenoxy) is 2. The van der Waals surface area contributed by atoms with Crippen molar-refractivity contribution < 1.29 is 28.7 Å². The zero-order valence-corrected chi connectivity index (χ0v) is 28.6. The Kier molecular flexibility index (Phi) is 12.0. The molecular formula is C29H40Cl2N4O6S2. The zero-order chi connectivity index (χ0) is 32.1. The van der Waals surface area contributed by atoms with Crippen LogP contribution >= 0.6 is 45.9 Å². The number of aromatic nitrogens is 2. The number of hydrogen-bond donors (Lipinski definition) is 2. The van der Waals surface area contributed by atoms with Gasteiger partial charge in [-0.05, 0) is 51.9 Å². The van der Waals surface area contributed by atoms with Gasteiger partial charge in [0.15, 0.2) is 11.8 Å². The molecule has 4 atom stereocenters. The van der Waals surface area contributed by atoms with Crippen molar-refractivity contribution in [1.29, 1.82) is 0 Å². The quantitative estimate of drug-likeness (QED) is 0.254. The van der Waals surface area contributed by atoms with Crippen LogP contribution in [0.4, 0.5) is 0 Å². The van der Waals surface area contributed by atoms with Gasteiger partial charge >= 0.3 is 11.9 Å². The lowest BCUT2D eigenvalue weighted by molar-refractivity contribution is -0.169. The summed E-state index contributed by atoms with van der Waals surface area (Å²) in [5, 5.41) is 9.64. The van der Waals surface area contributed by atoms with Crippen molar-refractivity contribution in [3.05, 3.63) is 32.2 Å². The molecule has 2 amide bonds. The van der Waals surface area contributed by atoms with Crippen LogP contribution in [0.15, 0.2) is 10.8 Å². The molecule has 2 N–H and O–H groups in total. The van der Waals surface area contributed by atoms with E-state index in [1.165, 1.54) is 22.7 Å². The van der Waals surface area contributed by atoms with Gasteiger partial charge in [-0.2, -0.15) is 0 Å². The van der Waals surface area contributed by atoms with E-state index in [1.807, 2.05) is 27.7 Å². The van der Waals surface area contributed by atoms with Gasteiger partial charge in [-0.3, -0.25) is 14.4 Å². The lowest BCUT2D eigenvalue weighted by Gasteiger charge is -2.34. The Balaban J connectivity index is 2.04. The molecule has 0 fully saturated rings. The second kappa shape index (κ2) is 14.7. The molecular weight excluding hydrogens is 635 g/mol.